The van der Waals surface area contributed by atoms with Crippen LogP contribution in [0.3, 0.4) is 0 Å². The van der Waals surface area contributed by atoms with Crippen LogP contribution < -0.4 is 5.56 Å². The molecule has 1 aliphatic carbocycles. The van der Waals surface area contributed by atoms with E-state index in [-0.39, 0.29) is 22.7 Å². The fourth-order valence-electron chi connectivity index (χ4n) is 3.42. The number of benzene rings is 2. The Morgan fingerprint density at radius 3 is 2.28 bits per heavy atom. The van der Waals surface area contributed by atoms with Gasteiger partial charge in [-0.05, 0) is 19.1 Å². The topological polar surface area (TPSA) is 100 Å². The van der Waals surface area contributed by atoms with Gasteiger partial charge in [-0.2, -0.15) is 5.26 Å². The van der Waals surface area contributed by atoms with Crippen molar-refractivity contribution in [2.24, 2.45) is 12.0 Å². The second kappa shape index (κ2) is 6.77. The molecule has 0 bridgehead atoms. The molecule has 0 atom stereocenters. The molecule has 0 aliphatic heterocycles. The minimum atomic E-state index is -0.490. The number of fused-ring (bicyclic) bond motifs is 1. The molecular weight excluding hydrogens is 368 g/mol. The van der Waals surface area contributed by atoms with Crippen molar-refractivity contribution < 1.29 is 9.90 Å². The first kappa shape index (κ1) is 18.2. The molecule has 7 nitrogen and oxygen atoms in total. The summed E-state index contributed by atoms with van der Waals surface area (Å²) in [6, 6.07) is 17.4. The zero-order valence-corrected chi connectivity index (χ0v) is 15.7. The number of rotatable bonds is 3. The summed E-state index contributed by atoms with van der Waals surface area (Å²) in [5.41, 5.74) is 0.946. The molecule has 2 aromatic carbocycles. The number of para-hydroxylation sites is 1. The highest BCUT2D eigenvalue weighted by Gasteiger charge is 2.33. The maximum Gasteiger partial charge on any atom is 0.297 e. The highest BCUT2D eigenvalue weighted by Crippen LogP contribution is 2.32. The zero-order chi connectivity index (χ0) is 20.7. The van der Waals surface area contributed by atoms with Gasteiger partial charge in [-0.3, -0.25) is 14.3 Å². The Morgan fingerprint density at radius 1 is 1.03 bits per heavy atom. The van der Waals surface area contributed by atoms with E-state index in [1.165, 1.54) is 4.68 Å². The molecule has 29 heavy (non-hydrogen) atoms. The highest BCUT2D eigenvalue weighted by atomic mass is 16.3. The van der Waals surface area contributed by atoms with Crippen molar-refractivity contribution in [3.63, 3.8) is 0 Å². The number of aliphatic imine (C=N–C) groups is 1. The lowest BCUT2D eigenvalue weighted by atomic mass is 10.1. The van der Waals surface area contributed by atoms with Crippen LogP contribution in [0.15, 0.2) is 70.0 Å². The lowest BCUT2D eigenvalue weighted by Crippen LogP contribution is -2.19. The molecule has 0 saturated carbocycles. The number of carbonyl (C=O) groups excluding carboxylic acids is 1. The fraction of sp³-hybridized carbons (Fsp3) is 0.0909. The molecule has 1 aliphatic rings. The molecular formula is C22H16N4O3. The summed E-state index contributed by atoms with van der Waals surface area (Å²) in [4.78, 5) is 30.0. The average molecular weight is 384 g/mol. The smallest absolute Gasteiger partial charge is 0.297 e. The van der Waals surface area contributed by atoms with Crippen molar-refractivity contribution in [2.45, 2.75) is 6.92 Å². The maximum atomic E-state index is 13.0. The number of aromatic nitrogens is 2. The van der Waals surface area contributed by atoms with E-state index < -0.39 is 11.3 Å². The Labute approximate surface area is 166 Å². The van der Waals surface area contributed by atoms with Crippen LogP contribution in [-0.2, 0) is 7.05 Å². The van der Waals surface area contributed by atoms with E-state index in [4.69, 9.17) is 0 Å². The minimum Gasteiger partial charge on any atom is -0.506 e. The van der Waals surface area contributed by atoms with E-state index in [1.807, 2.05) is 24.3 Å². The largest absolute Gasteiger partial charge is 0.506 e. The Balaban J connectivity index is 1.89. The summed E-state index contributed by atoms with van der Waals surface area (Å²) in [6.45, 7) is 1.70. The van der Waals surface area contributed by atoms with Crippen molar-refractivity contribution in [1.29, 1.82) is 5.26 Å². The predicted octanol–water partition coefficient (Wildman–Crippen LogP) is 3.25. The van der Waals surface area contributed by atoms with Gasteiger partial charge in [-0.1, -0.05) is 42.5 Å². The van der Waals surface area contributed by atoms with Crippen molar-refractivity contribution in [3.05, 3.63) is 87.3 Å². The van der Waals surface area contributed by atoms with Crippen molar-refractivity contribution in [3.8, 4) is 11.8 Å². The summed E-state index contributed by atoms with van der Waals surface area (Å²) < 4.78 is 3.06. The van der Waals surface area contributed by atoms with Gasteiger partial charge in [0.15, 0.2) is 17.2 Å². The number of nitrogens with zero attached hydrogens (tertiary/aromatic N) is 4. The maximum absolute atomic E-state index is 13.0. The Morgan fingerprint density at radius 2 is 1.66 bits per heavy atom. The number of ketones is 1. The number of aliphatic hydroxyl groups excluding tert-OH is 1. The van der Waals surface area contributed by atoms with Crippen LogP contribution in [0.25, 0.3) is 11.4 Å². The third kappa shape index (κ3) is 2.70. The molecule has 7 heteroatoms. The molecule has 142 valence electrons. The van der Waals surface area contributed by atoms with Gasteiger partial charge in [0.1, 0.15) is 17.4 Å². The van der Waals surface area contributed by atoms with Gasteiger partial charge in [-0.25, -0.2) is 9.67 Å². The first-order chi connectivity index (χ1) is 14.0. The summed E-state index contributed by atoms with van der Waals surface area (Å²) in [5.74, 6) is -0.793. The van der Waals surface area contributed by atoms with Crippen molar-refractivity contribution >= 4 is 22.9 Å². The van der Waals surface area contributed by atoms with Crippen LogP contribution in [0.2, 0.25) is 0 Å². The van der Waals surface area contributed by atoms with Crippen LogP contribution in [-0.4, -0.2) is 26.0 Å². The molecule has 0 fully saturated rings. The van der Waals surface area contributed by atoms with Gasteiger partial charge in [0, 0.05) is 18.2 Å². The molecule has 0 saturated heterocycles. The third-order valence-electron chi connectivity index (χ3n) is 4.98. The molecule has 0 unspecified atom stereocenters. The van der Waals surface area contributed by atoms with Crippen LogP contribution >= 0.6 is 0 Å². The average Bonchev–Trinajstić information content (AvgIpc) is 3.11. The van der Waals surface area contributed by atoms with Gasteiger partial charge < -0.3 is 5.11 Å². The molecule has 0 spiro atoms. The van der Waals surface area contributed by atoms with Gasteiger partial charge in [0.25, 0.3) is 5.56 Å². The Bertz CT molecular complexity index is 1320. The van der Waals surface area contributed by atoms with E-state index >= 15 is 0 Å². The van der Waals surface area contributed by atoms with Crippen LogP contribution in [0.1, 0.15) is 21.6 Å². The fourth-order valence-corrected chi connectivity index (χ4v) is 3.42. The van der Waals surface area contributed by atoms with Crippen LogP contribution in [0, 0.1) is 18.3 Å². The SMILES string of the molecule is Cc1c(N=C(C#N)C2=C(O)c3ccccc3C2=O)c(=O)n(-c2ccccc2)n1C. The Kier molecular flexibility index (Phi) is 4.24. The van der Waals surface area contributed by atoms with E-state index in [0.29, 0.717) is 22.5 Å². The van der Waals surface area contributed by atoms with E-state index in [0.717, 1.165) is 0 Å². The number of hydrogen-bond acceptors (Lipinski definition) is 5. The lowest BCUT2D eigenvalue weighted by molar-refractivity contribution is 0.104. The second-order valence-corrected chi connectivity index (χ2v) is 6.58. The summed E-state index contributed by atoms with van der Waals surface area (Å²) in [7, 11) is 1.71. The standard InChI is InChI=1S/C22H16N4O3/c1-13-19(22(29)26(25(13)2)14-8-4-3-5-9-14)24-17(12-23)18-20(27)15-10-6-7-11-16(15)21(18)28/h3-11,27H,1-2H3. The highest BCUT2D eigenvalue weighted by molar-refractivity contribution is 6.39. The molecule has 0 amide bonds. The summed E-state index contributed by atoms with van der Waals surface area (Å²) in [6.07, 6.45) is 0. The van der Waals surface area contributed by atoms with Crippen molar-refractivity contribution in [1.82, 2.24) is 9.36 Å². The van der Waals surface area contributed by atoms with E-state index in [1.54, 1.807) is 55.1 Å². The molecule has 1 heterocycles. The molecule has 0 radical (unpaired) electrons. The summed E-state index contributed by atoms with van der Waals surface area (Å²) in [5, 5.41) is 20.1. The van der Waals surface area contributed by atoms with E-state index in [2.05, 4.69) is 4.99 Å². The van der Waals surface area contributed by atoms with Gasteiger partial charge in [0.05, 0.1) is 11.4 Å². The number of allylic oxidation sites excluding steroid dienone is 1. The lowest BCUT2D eigenvalue weighted by Gasteiger charge is -2.07. The van der Waals surface area contributed by atoms with Gasteiger partial charge in [0.2, 0.25) is 0 Å². The third-order valence-corrected chi connectivity index (χ3v) is 4.98. The minimum absolute atomic E-state index is 0.0389. The first-order valence-electron chi connectivity index (χ1n) is 8.86. The summed E-state index contributed by atoms with van der Waals surface area (Å²) >= 11 is 0. The Hall–Kier alpha value is -4.18. The van der Waals surface area contributed by atoms with Crippen molar-refractivity contribution in [2.75, 3.05) is 0 Å². The van der Waals surface area contributed by atoms with Gasteiger partial charge in [-0.15, -0.1) is 0 Å². The number of hydrogen-bond donors (Lipinski definition) is 1. The van der Waals surface area contributed by atoms with Gasteiger partial charge >= 0.3 is 0 Å². The van der Waals surface area contributed by atoms with E-state index in [9.17, 15) is 20.0 Å². The quantitative estimate of drug-likeness (QED) is 0.701. The zero-order valence-electron chi connectivity index (χ0n) is 15.7. The number of carbonyl (C=O) groups is 1. The first-order valence-corrected chi connectivity index (χ1v) is 8.86. The van der Waals surface area contributed by atoms with Crippen LogP contribution in [0.4, 0.5) is 5.69 Å². The molecule has 3 aromatic rings. The molecule has 4 rings (SSSR count). The molecule has 1 N–H and O–H groups in total. The van der Waals surface area contributed by atoms with Crippen LogP contribution in [0.5, 0.6) is 0 Å². The number of aliphatic hydroxyl groups is 1. The molecule has 1 aromatic heterocycles. The predicted molar refractivity (Wildman–Crippen MR) is 109 cm³/mol. The normalized spacial score (nSPS) is 13.6. The monoisotopic (exact) mass is 384 g/mol. The number of nitriles is 1. The second-order valence-electron chi connectivity index (χ2n) is 6.58. The number of Topliss-reactive ketones (excluding diaryl/α,β-unsaturated/α-hetero) is 1.